The second-order valence-corrected chi connectivity index (χ2v) is 12.0. The van der Waals surface area contributed by atoms with Crippen LogP contribution in [0.1, 0.15) is 46.0 Å². The molecule has 1 aromatic carbocycles. The van der Waals surface area contributed by atoms with Crippen molar-refractivity contribution in [1.82, 2.24) is 24.6 Å². The zero-order chi connectivity index (χ0) is 31.5. The number of imidazole rings is 1. The van der Waals surface area contributed by atoms with Crippen molar-refractivity contribution in [2.45, 2.75) is 70.1 Å². The maximum atomic E-state index is 16.1. The van der Waals surface area contributed by atoms with Gasteiger partial charge in [-0.2, -0.15) is 19.4 Å². The third-order valence-corrected chi connectivity index (χ3v) is 8.56. The number of nitrogen functional groups attached to an aromatic ring is 1. The average Bonchev–Trinajstić information content (AvgIpc) is 3.52. The van der Waals surface area contributed by atoms with E-state index >= 15 is 8.78 Å². The Hall–Kier alpha value is -3.85. The van der Waals surface area contributed by atoms with Crippen LogP contribution < -0.4 is 20.1 Å². The highest BCUT2D eigenvalue weighted by Gasteiger charge is 2.54. The molecule has 3 heterocycles. The standard InChI is InChI=1S/C27H33F2N6O8P/c1-3-39-23-20-22(32-26(30)33-23)35(15-31-20)24-19(28)21(36)27(29,42-24)14-40-44(38,43-18-12-8-5-9-13-18)34-16(2)25(37)41-17-10-6-4-7-11-17/h5,8-9,12-13,15-17,21,36H,3-4,6-7,10-11,14H2,1-2H3,(H,34,38)(H2,30,32,33)/t16?,21-,27+,44-/m0/s1. The lowest BCUT2D eigenvalue weighted by Gasteiger charge is -2.28. The summed E-state index contributed by atoms with van der Waals surface area (Å²) in [4.78, 5) is 24.8. The number of aliphatic hydroxyl groups excluding tert-OH is 1. The van der Waals surface area contributed by atoms with E-state index < -0.39 is 50.0 Å². The Morgan fingerprint density at radius 1 is 1.27 bits per heavy atom. The summed E-state index contributed by atoms with van der Waals surface area (Å²) >= 11 is 0. The maximum absolute atomic E-state index is 16.1. The first-order chi connectivity index (χ1) is 21.0. The highest BCUT2D eigenvalue weighted by atomic mass is 31.2. The molecule has 0 radical (unpaired) electrons. The molecule has 14 nitrogen and oxygen atoms in total. The van der Waals surface area contributed by atoms with E-state index in [1.165, 1.54) is 19.1 Å². The summed E-state index contributed by atoms with van der Waals surface area (Å²) in [7, 11) is -4.58. The molecule has 5 rings (SSSR count). The molecular formula is C27H33F2N6O8P. The van der Waals surface area contributed by atoms with Gasteiger partial charge >= 0.3 is 19.6 Å². The van der Waals surface area contributed by atoms with Crippen molar-refractivity contribution in [3.05, 3.63) is 42.5 Å². The Morgan fingerprint density at radius 2 is 2.00 bits per heavy atom. The van der Waals surface area contributed by atoms with Crippen LogP contribution in [0.15, 0.2) is 42.5 Å². The quantitative estimate of drug-likeness (QED) is 0.191. The lowest BCUT2D eigenvalue weighted by Crippen LogP contribution is -2.42. The molecule has 3 aromatic rings. The fourth-order valence-electron chi connectivity index (χ4n) is 4.74. The predicted octanol–water partition coefficient (Wildman–Crippen LogP) is 4.02. The largest absolute Gasteiger partial charge is 0.476 e. The highest BCUT2D eigenvalue weighted by molar-refractivity contribution is 7.52. The molecule has 1 aliphatic carbocycles. The number of hydrogen-bond acceptors (Lipinski definition) is 12. The molecule has 4 atom stereocenters. The Bertz CT molecular complexity index is 1570. The highest BCUT2D eigenvalue weighted by Crippen LogP contribution is 2.48. The number of ether oxygens (including phenoxy) is 3. The molecule has 0 saturated heterocycles. The number of alkyl halides is 1. The third-order valence-electron chi connectivity index (χ3n) is 6.94. The fraction of sp³-hybridized carbons (Fsp3) is 0.481. The van der Waals surface area contributed by atoms with Gasteiger partial charge in [-0.1, -0.05) is 24.6 Å². The minimum atomic E-state index is -4.58. The predicted molar refractivity (Wildman–Crippen MR) is 152 cm³/mol. The van der Waals surface area contributed by atoms with Crippen molar-refractivity contribution >= 4 is 36.7 Å². The summed E-state index contributed by atoms with van der Waals surface area (Å²) in [5.74, 6) is -6.40. The van der Waals surface area contributed by atoms with E-state index in [1.807, 2.05) is 0 Å². The number of anilines is 1. The smallest absolute Gasteiger partial charge is 0.459 e. The number of nitrogens with zero attached hydrogens (tertiary/aromatic N) is 4. The van der Waals surface area contributed by atoms with E-state index in [0.29, 0.717) is 12.8 Å². The van der Waals surface area contributed by atoms with E-state index in [-0.39, 0.29) is 41.5 Å². The van der Waals surface area contributed by atoms with E-state index in [4.69, 9.17) is 29.0 Å². The monoisotopic (exact) mass is 638 g/mol. The van der Waals surface area contributed by atoms with Gasteiger partial charge in [0.1, 0.15) is 30.8 Å². The second kappa shape index (κ2) is 13.0. The summed E-state index contributed by atoms with van der Waals surface area (Å²) in [6.07, 6.45) is 2.60. The van der Waals surface area contributed by atoms with Crippen molar-refractivity contribution in [3.63, 3.8) is 0 Å². The van der Waals surface area contributed by atoms with Gasteiger partial charge < -0.3 is 29.6 Å². The van der Waals surface area contributed by atoms with Gasteiger partial charge in [0.05, 0.1) is 6.61 Å². The molecule has 1 unspecified atom stereocenters. The lowest BCUT2D eigenvalue weighted by atomic mass is 9.98. The minimum absolute atomic E-state index is 0.00403. The number of benzene rings is 1. The van der Waals surface area contributed by atoms with Crippen LogP contribution in [-0.2, 0) is 23.4 Å². The molecule has 0 spiro atoms. The maximum Gasteiger partial charge on any atom is 0.459 e. The first-order valence-electron chi connectivity index (χ1n) is 14.1. The molecule has 17 heteroatoms. The number of esters is 1. The van der Waals surface area contributed by atoms with Crippen molar-refractivity contribution < 1.29 is 46.5 Å². The number of fused-ring (bicyclic) bond motifs is 1. The topological polar surface area (TPSA) is 182 Å². The van der Waals surface area contributed by atoms with Gasteiger partial charge in [0.25, 0.3) is 0 Å². The van der Waals surface area contributed by atoms with Gasteiger partial charge in [0.15, 0.2) is 23.1 Å². The number of aromatic nitrogens is 4. The Morgan fingerprint density at radius 3 is 2.70 bits per heavy atom. The summed E-state index contributed by atoms with van der Waals surface area (Å²) in [5, 5.41) is 13.0. The number of rotatable bonds is 12. The van der Waals surface area contributed by atoms with Crippen LogP contribution in [0.2, 0.25) is 0 Å². The van der Waals surface area contributed by atoms with Gasteiger partial charge in [-0.3, -0.25) is 13.9 Å². The number of halogens is 2. The Kier molecular flexibility index (Phi) is 9.34. The number of hydrogen-bond donors (Lipinski definition) is 3. The van der Waals surface area contributed by atoms with Crippen LogP contribution in [0, 0.1) is 0 Å². The fourth-order valence-corrected chi connectivity index (χ4v) is 6.25. The number of nitrogens with one attached hydrogen (secondary N) is 1. The molecule has 2 aromatic heterocycles. The first kappa shape index (κ1) is 31.6. The summed E-state index contributed by atoms with van der Waals surface area (Å²) in [6, 6.07) is 6.58. The second-order valence-electron chi connectivity index (χ2n) is 10.3. The molecule has 1 fully saturated rings. The normalized spacial score (nSPS) is 22.8. The third kappa shape index (κ3) is 6.78. The molecule has 1 saturated carbocycles. The molecule has 0 bridgehead atoms. The molecular weight excluding hydrogens is 605 g/mol. The van der Waals surface area contributed by atoms with E-state index in [1.54, 1.807) is 25.1 Å². The van der Waals surface area contributed by atoms with Gasteiger partial charge in [0.2, 0.25) is 17.7 Å². The molecule has 2 aliphatic rings. The van der Waals surface area contributed by atoms with Crippen molar-refractivity contribution in [1.29, 1.82) is 0 Å². The number of carbonyl (C=O) groups excluding carboxylic acids is 1. The zero-order valence-electron chi connectivity index (χ0n) is 24.0. The first-order valence-corrected chi connectivity index (χ1v) is 15.6. The Labute approximate surface area is 251 Å². The average molecular weight is 639 g/mol. The van der Waals surface area contributed by atoms with Gasteiger partial charge in [-0.25, -0.2) is 13.9 Å². The number of para-hydroxylation sites is 1. The van der Waals surface area contributed by atoms with Crippen LogP contribution >= 0.6 is 7.75 Å². The van der Waals surface area contributed by atoms with Crippen LogP contribution in [0.25, 0.3) is 17.0 Å². The van der Waals surface area contributed by atoms with Crippen LogP contribution in [0.4, 0.5) is 14.7 Å². The molecule has 0 amide bonds. The zero-order valence-corrected chi connectivity index (χ0v) is 24.9. The van der Waals surface area contributed by atoms with Crippen molar-refractivity contribution in [2.75, 3.05) is 18.9 Å². The van der Waals surface area contributed by atoms with E-state index in [9.17, 15) is 14.5 Å². The van der Waals surface area contributed by atoms with Crippen LogP contribution in [0.5, 0.6) is 11.6 Å². The number of carbonyl (C=O) groups is 1. The van der Waals surface area contributed by atoms with Crippen LogP contribution in [-0.4, -0.2) is 67.9 Å². The van der Waals surface area contributed by atoms with Gasteiger partial charge in [-0.05, 0) is 51.7 Å². The Balaban J connectivity index is 1.34. The van der Waals surface area contributed by atoms with Gasteiger partial charge in [-0.15, -0.1) is 0 Å². The van der Waals surface area contributed by atoms with Crippen molar-refractivity contribution in [3.8, 4) is 11.6 Å². The molecule has 1 aliphatic heterocycles. The SMILES string of the molecule is CCOc1nc(N)nc2c1ncn2C1=C(F)[C@H](O)[C@@](F)(CO[P@@](=O)(NC(C)C(=O)OC2CCCCC2)Oc2ccccc2)O1. The lowest BCUT2D eigenvalue weighted by molar-refractivity contribution is -0.161. The molecule has 44 heavy (non-hydrogen) atoms. The summed E-state index contributed by atoms with van der Waals surface area (Å²) in [5.41, 5.74) is 5.73. The van der Waals surface area contributed by atoms with Crippen molar-refractivity contribution in [2.24, 2.45) is 0 Å². The minimum Gasteiger partial charge on any atom is -0.476 e. The van der Waals surface area contributed by atoms with Crippen LogP contribution in [0.3, 0.4) is 0 Å². The van der Waals surface area contributed by atoms with E-state index in [0.717, 1.165) is 30.2 Å². The number of aliphatic hydroxyl groups is 1. The van der Waals surface area contributed by atoms with Gasteiger partial charge in [0, 0.05) is 0 Å². The summed E-state index contributed by atoms with van der Waals surface area (Å²) in [6.45, 7) is 2.01. The summed E-state index contributed by atoms with van der Waals surface area (Å²) < 4.78 is 73.2. The molecule has 238 valence electrons. The van der Waals surface area contributed by atoms with E-state index in [2.05, 4.69) is 20.0 Å². The molecule has 4 N–H and O–H groups in total. The number of nitrogens with two attached hydrogens (primary N) is 1.